The van der Waals surface area contributed by atoms with Crippen LogP contribution in [0, 0.1) is 13.8 Å². The molecule has 5 aromatic rings. The van der Waals surface area contributed by atoms with Crippen LogP contribution in [0.2, 0.25) is 0 Å². The molecule has 0 atom stereocenters. The van der Waals surface area contributed by atoms with Crippen molar-refractivity contribution in [1.82, 2.24) is 0 Å². The second-order valence-electron chi connectivity index (χ2n) is 8.63. The highest BCUT2D eigenvalue weighted by Gasteiger charge is 2.18. The molecule has 0 aliphatic carbocycles. The minimum absolute atomic E-state index is 0.286. The fourth-order valence-electron chi connectivity index (χ4n) is 4.35. The summed E-state index contributed by atoms with van der Waals surface area (Å²) >= 11 is 0. The van der Waals surface area contributed by atoms with Gasteiger partial charge in [0, 0.05) is 22.5 Å². The van der Waals surface area contributed by atoms with Crippen LogP contribution >= 0.6 is 0 Å². The number of anilines is 3. The van der Waals surface area contributed by atoms with Gasteiger partial charge in [0.25, 0.3) is 0 Å². The van der Waals surface area contributed by atoms with Crippen LogP contribution in [0.1, 0.15) is 11.1 Å². The number of phenolic OH excluding ortho intramolecular Hbond substituents is 1. The van der Waals surface area contributed by atoms with Gasteiger partial charge in [-0.2, -0.15) is 0 Å². The molecule has 0 saturated carbocycles. The van der Waals surface area contributed by atoms with E-state index in [4.69, 9.17) is 0 Å². The van der Waals surface area contributed by atoms with Gasteiger partial charge in [0.1, 0.15) is 5.75 Å². The fraction of sp³-hybridized carbons (Fsp3) is 0.0625. The molecule has 0 saturated heterocycles. The predicted molar refractivity (Wildman–Crippen MR) is 143 cm³/mol. The maximum atomic E-state index is 10.6. The van der Waals surface area contributed by atoms with Crippen molar-refractivity contribution in [3.63, 3.8) is 0 Å². The van der Waals surface area contributed by atoms with E-state index in [1.807, 2.05) is 25.1 Å². The first kappa shape index (κ1) is 21.5. The zero-order valence-corrected chi connectivity index (χ0v) is 19.4. The van der Waals surface area contributed by atoms with Gasteiger partial charge in [-0.3, -0.25) is 0 Å². The number of hydrogen-bond acceptors (Lipinski definition) is 2. The van der Waals surface area contributed by atoms with Crippen LogP contribution in [0.4, 0.5) is 17.1 Å². The van der Waals surface area contributed by atoms with Crippen LogP contribution in [0.25, 0.3) is 22.3 Å². The summed E-state index contributed by atoms with van der Waals surface area (Å²) in [5, 5.41) is 10.6. The maximum absolute atomic E-state index is 10.6. The summed E-state index contributed by atoms with van der Waals surface area (Å²) < 4.78 is 0. The summed E-state index contributed by atoms with van der Waals surface area (Å²) in [7, 11) is 0. The van der Waals surface area contributed by atoms with E-state index >= 15 is 0 Å². The Balaban J connectivity index is 1.71. The minimum atomic E-state index is 0.286. The monoisotopic (exact) mass is 441 g/mol. The normalized spacial score (nSPS) is 10.8. The molecule has 0 heterocycles. The topological polar surface area (TPSA) is 23.5 Å². The average Bonchev–Trinajstić information content (AvgIpc) is 2.88. The number of aromatic hydroxyl groups is 1. The molecule has 0 unspecified atom stereocenters. The van der Waals surface area contributed by atoms with Crippen molar-refractivity contribution in [2.24, 2.45) is 0 Å². The Morgan fingerprint density at radius 3 is 1.97 bits per heavy atom. The van der Waals surface area contributed by atoms with Gasteiger partial charge in [-0.15, -0.1) is 0 Å². The van der Waals surface area contributed by atoms with Crippen molar-refractivity contribution in [2.75, 3.05) is 4.90 Å². The van der Waals surface area contributed by atoms with Gasteiger partial charge in [-0.05, 0) is 67.4 Å². The van der Waals surface area contributed by atoms with Gasteiger partial charge in [0.15, 0.2) is 0 Å². The lowest BCUT2D eigenvalue weighted by atomic mass is 9.99. The van der Waals surface area contributed by atoms with Gasteiger partial charge in [-0.1, -0.05) is 90.0 Å². The summed E-state index contributed by atoms with van der Waals surface area (Å²) in [6.45, 7) is 4.15. The molecule has 0 aromatic heterocycles. The van der Waals surface area contributed by atoms with E-state index in [0.717, 1.165) is 39.3 Å². The summed E-state index contributed by atoms with van der Waals surface area (Å²) in [4.78, 5) is 2.29. The van der Waals surface area contributed by atoms with Gasteiger partial charge in [0.2, 0.25) is 0 Å². The molecule has 0 spiro atoms. The third-order valence-electron chi connectivity index (χ3n) is 6.09. The third-order valence-corrected chi connectivity index (χ3v) is 6.09. The number of benzene rings is 5. The summed E-state index contributed by atoms with van der Waals surface area (Å²) in [6.07, 6.45) is 0. The van der Waals surface area contributed by atoms with Gasteiger partial charge in [0.05, 0.1) is 5.69 Å². The molecule has 0 aliphatic rings. The van der Waals surface area contributed by atoms with Crippen molar-refractivity contribution >= 4 is 17.1 Å². The Bertz CT molecular complexity index is 1420. The molecule has 1 N–H and O–H groups in total. The lowest BCUT2D eigenvalue weighted by Crippen LogP contribution is -2.11. The van der Waals surface area contributed by atoms with Crippen molar-refractivity contribution in [3.8, 4) is 28.0 Å². The Hall–Kier alpha value is -4.30. The van der Waals surface area contributed by atoms with Crippen LogP contribution in [0.15, 0.2) is 121 Å². The first-order valence-electron chi connectivity index (χ1n) is 11.5. The van der Waals surface area contributed by atoms with Crippen LogP contribution in [0.3, 0.4) is 0 Å². The molecular weight excluding hydrogens is 414 g/mol. The highest BCUT2D eigenvalue weighted by molar-refractivity contribution is 5.89. The predicted octanol–water partition coefficient (Wildman–Crippen LogP) is 8.81. The van der Waals surface area contributed by atoms with E-state index in [-0.39, 0.29) is 5.75 Å². The van der Waals surface area contributed by atoms with Crippen LogP contribution in [-0.2, 0) is 0 Å². The molecular formula is C32H27NO. The lowest BCUT2D eigenvalue weighted by molar-refractivity contribution is 0.477. The van der Waals surface area contributed by atoms with Crippen LogP contribution in [0.5, 0.6) is 5.75 Å². The molecule has 166 valence electrons. The first-order valence-corrected chi connectivity index (χ1v) is 11.5. The van der Waals surface area contributed by atoms with E-state index in [9.17, 15) is 5.11 Å². The van der Waals surface area contributed by atoms with Gasteiger partial charge in [-0.25, -0.2) is 0 Å². The van der Waals surface area contributed by atoms with E-state index < -0.39 is 0 Å². The summed E-state index contributed by atoms with van der Waals surface area (Å²) in [6, 6.07) is 41.7. The smallest absolute Gasteiger partial charge is 0.123 e. The lowest BCUT2D eigenvalue weighted by Gasteiger charge is -2.28. The molecule has 0 radical (unpaired) electrons. The number of aryl methyl sites for hydroxylation is 2. The Morgan fingerprint density at radius 2 is 1.18 bits per heavy atom. The van der Waals surface area contributed by atoms with E-state index in [0.29, 0.717) is 0 Å². The van der Waals surface area contributed by atoms with Crippen LogP contribution < -0.4 is 4.90 Å². The van der Waals surface area contributed by atoms with Crippen LogP contribution in [-0.4, -0.2) is 5.11 Å². The van der Waals surface area contributed by atoms with Gasteiger partial charge < -0.3 is 10.0 Å². The molecule has 0 bridgehead atoms. The summed E-state index contributed by atoms with van der Waals surface area (Å²) in [5.74, 6) is 0.286. The SMILES string of the molecule is Cc1ccc(N(c2cccc(-c3cc(C)ccc3O)c2)c2ccccc2-c2ccccc2)cc1. The highest BCUT2D eigenvalue weighted by atomic mass is 16.3. The van der Waals surface area contributed by atoms with Crippen molar-refractivity contribution in [2.45, 2.75) is 13.8 Å². The molecule has 0 amide bonds. The molecule has 0 fully saturated rings. The summed E-state index contributed by atoms with van der Waals surface area (Å²) in [5.41, 5.74) is 9.69. The largest absolute Gasteiger partial charge is 0.507 e. The second-order valence-corrected chi connectivity index (χ2v) is 8.63. The first-order chi connectivity index (χ1) is 16.6. The van der Waals surface area contributed by atoms with E-state index in [1.165, 1.54) is 11.1 Å². The van der Waals surface area contributed by atoms with Gasteiger partial charge >= 0.3 is 0 Å². The number of hydrogen-bond donors (Lipinski definition) is 1. The van der Waals surface area contributed by atoms with Crippen molar-refractivity contribution in [3.05, 3.63) is 132 Å². The average molecular weight is 442 g/mol. The zero-order valence-electron chi connectivity index (χ0n) is 19.4. The second kappa shape index (κ2) is 9.29. The Labute approximate surface area is 201 Å². The van der Waals surface area contributed by atoms with E-state index in [1.54, 1.807) is 6.07 Å². The fourth-order valence-corrected chi connectivity index (χ4v) is 4.35. The minimum Gasteiger partial charge on any atom is -0.507 e. The molecule has 2 nitrogen and oxygen atoms in total. The number of para-hydroxylation sites is 1. The Kier molecular flexibility index (Phi) is 5.88. The quantitative estimate of drug-likeness (QED) is 0.294. The molecule has 5 aromatic carbocycles. The Morgan fingerprint density at radius 1 is 0.500 bits per heavy atom. The zero-order chi connectivity index (χ0) is 23.5. The number of rotatable bonds is 5. The van der Waals surface area contributed by atoms with Crippen molar-refractivity contribution < 1.29 is 5.11 Å². The molecule has 2 heteroatoms. The number of phenols is 1. The standard InChI is InChI=1S/C32H27NO/c1-23-15-18-27(19-16-23)33(31-14-7-6-13-29(31)25-9-4-3-5-10-25)28-12-8-11-26(22-28)30-21-24(2)17-20-32(30)34/h3-22,34H,1-2H3. The van der Waals surface area contributed by atoms with Crippen molar-refractivity contribution in [1.29, 1.82) is 0 Å². The highest BCUT2D eigenvalue weighted by Crippen LogP contribution is 2.42. The number of nitrogens with zero attached hydrogens (tertiary/aromatic N) is 1. The molecule has 5 rings (SSSR count). The maximum Gasteiger partial charge on any atom is 0.123 e. The third kappa shape index (κ3) is 4.31. The molecule has 34 heavy (non-hydrogen) atoms. The molecule has 0 aliphatic heterocycles. The van der Waals surface area contributed by atoms with E-state index in [2.05, 4.69) is 109 Å².